The minimum absolute atomic E-state index is 0.00439. The SMILES string of the molecule is CC(C)n1nc(Br)c(CNc2cc(CO)ccn2)n1. The van der Waals surface area contributed by atoms with Crippen LogP contribution in [-0.2, 0) is 13.2 Å². The molecular formula is C12H16BrN5O. The number of hydrogen-bond acceptors (Lipinski definition) is 5. The summed E-state index contributed by atoms with van der Waals surface area (Å²) in [6, 6.07) is 3.80. The van der Waals surface area contributed by atoms with Crippen LogP contribution >= 0.6 is 15.9 Å². The highest BCUT2D eigenvalue weighted by Crippen LogP contribution is 2.15. The van der Waals surface area contributed by atoms with Gasteiger partial charge in [0, 0.05) is 6.20 Å². The van der Waals surface area contributed by atoms with Gasteiger partial charge in [-0.15, -0.1) is 5.10 Å². The van der Waals surface area contributed by atoms with Gasteiger partial charge in [-0.05, 0) is 47.5 Å². The molecule has 2 aromatic rings. The monoisotopic (exact) mass is 325 g/mol. The summed E-state index contributed by atoms with van der Waals surface area (Å²) in [6.07, 6.45) is 1.66. The molecule has 2 heterocycles. The summed E-state index contributed by atoms with van der Waals surface area (Å²) >= 11 is 3.39. The lowest BCUT2D eigenvalue weighted by Crippen LogP contribution is -2.07. The maximum atomic E-state index is 9.07. The number of nitrogens with one attached hydrogen (secondary N) is 1. The Morgan fingerprint density at radius 3 is 2.84 bits per heavy atom. The fraction of sp³-hybridized carbons (Fsp3) is 0.417. The Hall–Kier alpha value is -1.47. The first kappa shape index (κ1) is 14.0. The van der Waals surface area contributed by atoms with Gasteiger partial charge in [0.25, 0.3) is 0 Å². The molecule has 2 N–H and O–H groups in total. The van der Waals surface area contributed by atoms with Gasteiger partial charge in [0.05, 0.1) is 19.2 Å². The van der Waals surface area contributed by atoms with Crippen LogP contribution in [0.2, 0.25) is 0 Å². The van der Waals surface area contributed by atoms with E-state index in [2.05, 4.69) is 36.4 Å². The first-order chi connectivity index (χ1) is 9.10. The molecule has 0 atom stereocenters. The van der Waals surface area contributed by atoms with E-state index < -0.39 is 0 Å². The van der Waals surface area contributed by atoms with Crippen LogP contribution in [0.5, 0.6) is 0 Å². The number of rotatable bonds is 5. The van der Waals surface area contributed by atoms with Crippen molar-refractivity contribution >= 4 is 21.7 Å². The van der Waals surface area contributed by atoms with E-state index in [0.717, 1.165) is 15.9 Å². The van der Waals surface area contributed by atoms with Gasteiger partial charge < -0.3 is 10.4 Å². The zero-order valence-corrected chi connectivity index (χ0v) is 12.4. The summed E-state index contributed by atoms with van der Waals surface area (Å²) in [5.74, 6) is 0.706. The number of anilines is 1. The third kappa shape index (κ3) is 3.51. The molecule has 0 aliphatic rings. The normalized spacial score (nSPS) is 11.0. The summed E-state index contributed by atoms with van der Waals surface area (Å²) in [5, 5.41) is 20.9. The second kappa shape index (κ2) is 6.12. The van der Waals surface area contributed by atoms with Crippen LogP contribution in [0, 0.1) is 0 Å². The number of nitrogens with zero attached hydrogens (tertiary/aromatic N) is 4. The summed E-state index contributed by atoms with van der Waals surface area (Å²) in [5.41, 5.74) is 1.65. The van der Waals surface area contributed by atoms with Crippen LogP contribution in [0.4, 0.5) is 5.82 Å². The highest BCUT2D eigenvalue weighted by Gasteiger charge is 2.10. The fourth-order valence-electron chi connectivity index (χ4n) is 1.52. The molecule has 0 unspecified atom stereocenters. The molecule has 0 bridgehead atoms. The molecule has 19 heavy (non-hydrogen) atoms. The van der Waals surface area contributed by atoms with E-state index in [-0.39, 0.29) is 12.6 Å². The molecular weight excluding hydrogens is 310 g/mol. The van der Waals surface area contributed by atoms with Crippen LogP contribution < -0.4 is 5.32 Å². The number of aromatic nitrogens is 4. The quantitative estimate of drug-likeness (QED) is 0.880. The molecule has 6 nitrogen and oxygen atoms in total. The number of aliphatic hydroxyl groups is 1. The van der Waals surface area contributed by atoms with Gasteiger partial charge in [-0.3, -0.25) is 0 Å². The Morgan fingerprint density at radius 2 is 2.21 bits per heavy atom. The summed E-state index contributed by atoms with van der Waals surface area (Å²) in [7, 11) is 0. The predicted octanol–water partition coefficient (Wildman–Crippen LogP) is 2.12. The third-order valence-corrected chi connectivity index (χ3v) is 3.17. The molecule has 0 fully saturated rings. The van der Waals surface area contributed by atoms with E-state index in [4.69, 9.17) is 5.11 Å². The van der Waals surface area contributed by atoms with Crippen LogP contribution in [0.3, 0.4) is 0 Å². The van der Waals surface area contributed by atoms with Gasteiger partial charge in [-0.25, -0.2) is 4.98 Å². The highest BCUT2D eigenvalue weighted by atomic mass is 79.9. The van der Waals surface area contributed by atoms with E-state index in [9.17, 15) is 0 Å². The molecule has 2 aromatic heterocycles. The Kier molecular flexibility index (Phi) is 4.49. The first-order valence-corrected chi connectivity index (χ1v) is 6.80. The molecule has 2 rings (SSSR count). The fourth-order valence-corrected chi connectivity index (χ4v) is 1.90. The molecule has 0 aliphatic heterocycles. The zero-order chi connectivity index (χ0) is 13.8. The lowest BCUT2D eigenvalue weighted by Gasteiger charge is -2.05. The average molecular weight is 326 g/mol. The van der Waals surface area contributed by atoms with Crippen molar-refractivity contribution < 1.29 is 5.11 Å². The van der Waals surface area contributed by atoms with Gasteiger partial charge in [-0.2, -0.15) is 9.90 Å². The van der Waals surface area contributed by atoms with Gasteiger partial charge in [0.2, 0.25) is 0 Å². The van der Waals surface area contributed by atoms with E-state index in [1.807, 2.05) is 13.8 Å². The minimum Gasteiger partial charge on any atom is -0.392 e. The van der Waals surface area contributed by atoms with Crippen molar-refractivity contribution in [1.82, 2.24) is 20.0 Å². The molecule has 7 heteroatoms. The number of hydrogen-bond donors (Lipinski definition) is 2. The van der Waals surface area contributed by atoms with Gasteiger partial charge >= 0.3 is 0 Å². The van der Waals surface area contributed by atoms with Crippen molar-refractivity contribution in [3.8, 4) is 0 Å². The average Bonchev–Trinajstić information content (AvgIpc) is 2.78. The molecule has 0 amide bonds. The van der Waals surface area contributed by atoms with Gasteiger partial charge in [0.15, 0.2) is 4.60 Å². The zero-order valence-electron chi connectivity index (χ0n) is 10.8. The second-order valence-corrected chi connectivity index (χ2v) is 5.16. The largest absolute Gasteiger partial charge is 0.392 e. The molecule has 0 saturated carbocycles. The lowest BCUT2D eigenvalue weighted by atomic mass is 10.3. The highest BCUT2D eigenvalue weighted by molar-refractivity contribution is 9.10. The van der Waals surface area contributed by atoms with Gasteiger partial charge in [-0.1, -0.05) is 0 Å². The molecule has 0 spiro atoms. The van der Waals surface area contributed by atoms with Crippen LogP contribution in [0.25, 0.3) is 0 Å². The van der Waals surface area contributed by atoms with Crippen LogP contribution in [0.1, 0.15) is 31.1 Å². The Balaban J connectivity index is 2.05. The van der Waals surface area contributed by atoms with E-state index in [0.29, 0.717) is 12.4 Å². The summed E-state index contributed by atoms with van der Waals surface area (Å²) in [6.45, 7) is 4.57. The van der Waals surface area contributed by atoms with E-state index >= 15 is 0 Å². The number of pyridine rings is 1. The number of aliphatic hydroxyl groups excluding tert-OH is 1. The maximum Gasteiger partial charge on any atom is 0.153 e. The smallest absolute Gasteiger partial charge is 0.153 e. The lowest BCUT2D eigenvalue weighted by molar-refractivity contribution is 0.282. The molecule has 0 radical (unpaired) electrons. The van der Waals surface area contributed by atoms with Crippen molar-refractivity contribution in [2.45, 2.75) is 33.0 Å². The molecule has 102 valence electrons. The Labute approximate surface area is 120 Å². The van der Waals surface area contributed by atoms with Crippen molar-refractivity contribution in [2.75, 3.05) is 5.32 Å². The van der Waals surface area contributed by atoms with Crippen molar-refractivity contribution in [1.29, 1.82) is 0 Å². The van der Waals surface area contributed by atoms with Crippen LogP contribution in [-0.4, -0.2) is 25.1 Å². The summed E-state index contributed by atoms with van der Waals surface area (Å²) in [4.78, 5) is 5.85. The topological polar surface area (TPSA) is 75.9 Å². The minimum atomic E-state index is 0.00439. The predicted molar refractivity (Wildman–Crippen MR) is 75.6 cm³/mol. The maximum absolute atomic E-state index is 9.07. The van der Waals surface area contributed by atoms with E-state index in [1.165, 1.54) is 0 Å². The standard InChI is InChI=1S/C12H16BrN5O/c1-8(2)18-16-10(12(13)17-18)6-15-11-5-9(7-19)3-4-14-11/h3-5,8,19H,6-7H2,1-2H3,(H,14,15). The van der Waals surface area contributed by atoms with Crippen molar-refractivity contribution in [3.63, 3.8) is 0 Å². The molecule has 0 aliphatic carbocycles. The molecule has 0 saturated heterocycles. The van der Waals surface area contributed by atoms with E-state index in [1.54, 1.807) is 23.1 Å². The number of halogens is 1. The summed E-state index contributed by atoms with van der Waals surface area (Å²) < 4.78 is 0.729. The second-order valence-electron chi connectivity index (χ2n) is 4.41. The van der Waals surface area contributed by atoms with Crippen molar-refractivity contribution in [3.05, 3.63) is 34.2 Å². The Bertz CT molecular complexity index is 555. The van der Waals surface area contributed by atoms with Crippen LogP contribution in [0.15, 0.2) is 22.9 Å². The van der Waals surface area contributed by atoms with Gasteiger partial charge in [0.1, 0.15) is 11.5 Å². The van der Waals surface area contributed by atoms with Crippen molar-refractivity contribution in [2.24, 2.45) is 0 Å². The molecule has 0 aromatic carbocycles. The first-order valence-electron chi connectivity index (χ1n) is 6.01. The third-order valence-electron chi connectivity index (χ3n) is 2.56. The Morgan fingerprint density at radius 1 is 1.42 bits per heavy atom.